The zero-order chi connectivity index (χ0) is 14.8. The quantitative estimate of drug-likeness (QED) is 0.567. The summed E-state index contributed by atoms with van der Waals surface area (Å²) >= 11 is 0. The highest BCUT2D eigenvalue weighted by molar-refractivity contribution is 5.87. The lowest BCUT2D eigenvalue weighted by Gasteiger charge is -2.13. The standard InChI is InChI=1S/C16H20O4/c1-3-14(12-16(18)19-4-2)20-15(17)11-10-13-8-6-5-7-9-13/h5-11,14H,3-4,12H2,1-2H3. The second kappa shape index (κ2) is 8.91. The van der Waals surface area contributed by atoms with Gasteiger partial charge in [-0.05, 0) is 25.0 Å². The van der Waals surface area contributed by atoms with Gasteiger partial charge in [0.2, 0.25) is 0 Å². The molecule has 1 unspecified atom stereocenters. The number of ether oxygens (including phenoxy) is 2. The van der Waals surface area contributed by atoms with E-state index in [0.717, 1.165) is 5.56 Å². The minimum absolute atomic E-state index is 0.0925. The summed E-state index contributed by atoms with van der Waals surface area (Å²) in [7, 11) is 0. The number of carbonyl (C=O) groups is 2. The molecule has 1 rings (SSSR count). The van der Waals surface area contributed by atoms with Crippen LogP contribution in [-0.2, 0) is 19.1 Å². The third-order valence-corrected chi connectivity index (χ3v) is 2.65. The Balaban J connectivity index is 2.47. The molecule has 0 spiro atoms. The van der Waals surface area contributed by atoms with E-state index in [-0.39, 0.29) is 12.4 Å². The highest BCUT2D eigenvalue weighted by Gasteiger charge is 2.16. The SMILES string of the molecule is CCOC(=O)CC(CC)OC(=O)C=Cc1ccccc1. The Kier molecular flexibility index (Phi) is 7.11. The lowest BCUT2D eigenvalue weighted by Crippen LogP contribution is -2.21. The van der Waals surface area contributed by atoms with Crippen LogP contribution in [0, 0.1) is 0 Å². The Bertz CT molecular complexity index is 451. The van der Waals surface area contributed by atoms with Gasteiger partial charge in [0.15, 0.2) is 0 Å². The molecule has 108 valence electrons. The van der Waals surface area contributed by atoms with Gasteiger partial charge < -0.3 is 9.47 Å². The summed E-state index contributed by atoms with van der Waals surface area (Å²) in [4.78, 5) is 23.0. The van der Waals surface area contributed by atoms with E-state index in [4.69, 9.17) is 9.47 Å². The molecule has 1 aromatic carbocycles. The molecule has 0 aliphatic heterocycles. The van der Waals surface area contributed by atoms with Crippen molar-refractivity contribution in [3.8, 4) is 0 Å². The molecule has 20 heavy (non-hydrogen) atoms. The molecule has 0 fully saturated rings. The molecule has 0 bridgehead atoms. The largest absolute Gasteiger partial charge is 0.466 e. The van der Waals surface area contributed by atoms with Gasteiger partial charge in [-0.25, -0.2) is 4.79 Å². The highest BCUT2D eigenvalue weighted by Crippen LogP contribution is 2.07. The maximum absolute atomic E-state index is 11.7. The third kappa shape index (κ3) is 6.18. The summed E-state index contributed by atoms with van der Waals surface area (Å²) in [5.41, 5.74) is 0.919. The highest BCUT2D eigenvalue weighted by atomic mass is 16.6. The first-order valence-corrected chi connectivity index (χ1v) is 6.75. The van der Waals surface area contributed by atoms with Crippen LogP contribution >= 0.6 is 0 Å². The average molecular weight is 276 g/mol. The first-order chi connectivity index (χ1) is 9.65. The van der Waals surface area contributed by atoms with Gasteiger partial charge in [-0.15, -0.1) is 0 Å². The molecule has 4 heteroatoms. The number of rotatable bonds is 7. The number of esters is 2. The van der Waals surface area contributed by atoms with Crippen molar-refractivity contribution in [3.05, 3.63) is 42.0 Å². The second-order valence-corrected chi connectivity index (χ2v) is 4.22. The number of hydrogen-bond acceptors (Lipinski definition) is 4. The van der Waals surface area contributed by atoms with E-state index >= 15 is 0 Å². The fourth-order valence-electron chi connectivity index (χ4n) is 1.61. The van der Waals surface area contributed by atoms with Crippen molar-refractivity contribution in [2.45, 2.75) is 32.8 Å². The topological polar surface area (TPSA) is 52.6 Å². The summed E-state index contributed by atoms with van der Waals surface area (Å²) in [6, 6.07) is 9.46. The Morgan fingerprint density at radius 3 is 2.50 bits per heavy atom. The van der Waals surface area contributed by atoms with E-state index in [1.165, 1.54) is 6.08 Å². The Morgan fingerprint density at radius 1 is 1.20 bits per heavy atom. The summed E-state index contributed by atoms with van der Waals surface area (Å²) in [6.07, 6.45) is 3.27. The lowest BCUT2D eigenvalue weighted by atomic mass is 10.2. The van der Waals surface area contributed by atoms with Crippen LogP contribution in [-0.4, -0.2) is 24.6 Å². The van der Waals surface area contributed by atoms with E-state index < -0.39 is 12.1 Å². The predicted octanol–water partition coefficient (Wildman–Crippen LogP) is 2.97. The van der Waals surface area contributed by atoms with Crippen molar-refractivity contribution in [2.24, 2.45) is 0 Å². The average Bonchev–Trinajstić information content (AvgIpc) is 2.45. The summed E-state index contributed by atoms with van der Waals surface area (Å²) in [6.45, 7) is 3.93. The first kappa shape index (κ1) is 16.0. The number of carbonyl (C=O) groups excluding carboxylic acids is 2. The zero-order valence-electron chi connectivity index (χ0n) is 11.9. The molecule has 0 radical (unpaired) electrons. The van der Waals surface area contributed by atoms with E-state index in [1.807, 2.05) is 37.3 Å². The molecular weight excluding hydrogens is 256 g/mol. The smallest absolute Gasteiger partial charge is 0.331 e. The van der Waals surface area contributed by atoms with E-state index in [0.29, 0.717) is 13.0 Å². The Morgan fingerprint density at radius 2 is 1.90 bits per heavy atom. The maximum atomic E-state index is 11.7. The minimum Gasteiger partial charge on any atom is -0.466 e. The fourth-order valence-corrected chi connectivity index (χ4v) is 1.61. The molecule has 0 aromatic heterocycles. The molecule has 0 aliphatic rings. The summed E-state index contributed by atoms with van der Waals surface area (Å²) in [5, 5.41) is 0. The van der Waals surface area contributed by atoms with Gasteiger partial charge in [-0.1, -0.05) is 37.3 Å². The summed E-state index contributed by atoms with van der Waals surface area (Å²) < 4.78 is 10.0. The van der Waals surface area contributed by atoms with Gasteiger partial charge in [0.25, 0.3) is 0 Å². The van der Waals surface area contributed by atoms with Crippen LogP contribution < -0.4 is 0 Å². The monoisotopic (exact) mass is 276 g/mol. The second-order valence-electron chi connectivity index (χ2n) is 4.22. The lowest BCUT2D eigenvalue weighted by molar-refractivity contribution is -0.151. The van der Waals surface area contributed by atoms with Crippen LogP contribution in [0.25, 0.3) is 6.08 Å². The van der Waals surface area contributed by atoms with E-state index in [2.05, 4.69) is 0 Å². The van der Waals surface area contributed by atoms with Gasteiger partial charge in [0.05, 0.1) is 13.0 Å². The minimum atomic E-state index is -0.454. The van der Waals surface area contributed by atoms with Gasteiger partial charge in [0, 0.05) is 6.08 Å². The van der Waals surface area contributed by atoms with Crippen LogP contribution in [0.15, 0.2) is 36.4 Å². The number of hydrogen-bond donors (Lipinski definition) is 0. The van der Waals surface area contributed by atoms with E-state index in [9.17, 15) is 9.59 Å². The zero-order valence-corrected chi connectivity index (χ0v) is 11.9. The van der Waals surface area contributed by atoms with Crippen molar-refractivity contribution >= 4 is 18.0 Å². The molecule has 1 atom stereocenters. The summed E-state index contributed by atoms with van der Waals surface area (Å²) in [5.74, 6) is -0.802. The third-order valence-electron chi connectivity index (χ3n) is 2.65. The van der Waals surface area contributed by atoms with Crippen LogP contribution in [0.5, 0.6) is 0 Å². The van der Waals surface area contributed by atoms with E-state index in [1.54, 1.807) is 13.0 Å². The van der Waals surface area contributed by atoms with Gasteiger partial charge >= 0.3 is 11.9 Å². The molecule has 1 aromatic rings. The van der Waals surface area contributed by atoms with Crippen LogP contribution in [0.1, 0.15) is 32.3 Å². The molecule has 4 nitrogen and oxygen atoms in total. The molecule has 0 heterocycles. The predicted molar refractivity (Wildman–Crippen MR) is 76.9 cm³/mol. The fraction of sp³-hybridized carbons (Fsp3) is 0.375. The van der Waals surface area contributed by atoms with Crippen molar-refractivity contribution in [2.75, 3.05) is 6.61 Å². The van der Waals surface area contributed by atoms with Gasteiger partial charge in [0.1, 0.15) is 6.10 Å². The molecular formula is C16H20O4. The van der Waals surface area contributed by atoms with Crippen molar-refractivity contribution in [1.29, 1.82) is 0 Å². The van der Waals surface area contributed by atoms with Crippen molar-refractivity contribution < 1.29 is 19.1 Å². The molecule has 0 amide bonds. The molecule has 0 aliphatic carbocycles. The van der Waals surface area contributed by atoms with Gasteiger partial charge in [-0.3, -0.25) is 4.79 Å². The first-order valence-electron chi connectivity index (χ1n) is 6.75. The van der Waals surface area contributed by atoms with Crippen molar-refractivity contribution in [3.63, 3.8) is 0 Å². The molecule has 0 saturated heterocycles. The van der Waals surface area contributed by atoms with Crippen LogP contribution in [0.2, 0.25) is 0 Å². The van der Waals surface area contributed by atoms with Crippen molar-refractivity contribution in [1.82, 2.24) is 0 Å². The normalized spacial score (nSPS) is 12.1. The van der Waals surface area contributed by atoms with Crippen LogP contribution in [0.3, 0.4) is 0 Å². The maximum Gasteiger partial charge on any atom is 0.331 e. The Hall–Kier alpha value is -2.10. The number of benzene rings is 1. The van der Waals surface area contributed by atoms with Gasteiger partial charge in [-0.2, -0.15) is 0 Å². The van der Waals surface area contributed by atoms with Crippen LogP contribution in [0.4, 0.5) is 0 Å². The Labute approximate surface area is 119 Å². The molecule has 0 saturated carbocycles. The molecule has 0 N–H and O–H groups in total.